The summed E-state index contributed by atoms with van der Waals surface area (Å²) in [7, 11) is 0. The van der Waals surface area contributed by atoms with Crippen molar-refractivity contribution in [2.24, 2.45) is 0 Å². The topological polar surface area (TPSA) is 93.1 Å². The monoisotopic (exact) mass is 591 g/mol. The van der Waals surface area contributed by atoms with E-state index in [9.17, 15) is 19.8 Å². The van der Waals surface area contributed by atoms with Crippen LogP contribution >= 0.6 is 0 Å². The largest absolute Gasteiger partial charge is 0.507 e. The molecule has 0 fully saturated rings. The van der Waals surface area contributed by atoms with Gasteiger partial charge in [0.25, 0.3) is 5.91 Å². The maximum Gasteiger partial charge on any atom is 0.261 e. The smallest absolute Gasteiger partial charge is 0.261 e. The van der Waals surface area contributed by atoms with Gasteiger partial charge in [-0.3, -0.25) is 15.0 Å². The van der Waals surface area contributed by atoms with E-state index in [0.717, 1.165) is 33.4 Å². The Morgan fingerprint density at radius 3 is 1.26 bits per heavy atom. The number of hydrazine groups is 2. The van der Waals surface area contributed by atoms with Crippen LogP contribution in [-0.4, -0.2) is 32.2 Å². The average molecular weight is 592 g/mol. The highest BCUT2D eigenvalue weighted by molar-refractivity contribution is 5.83. The molecule has 0 saturated heterocycles. The van der Waals surface area contributed by atoms with Crippen LogP contribution in [0.4, 0.5) is 0 Å². The molecule has 43 heavy (non-hydrogen) atoms. The van der Waals surface area contributed by atoms with Crippen molar-refractivity contribution in [3.8, 4) is 11.5 Å². The van der Waals surface area contributed by atoms with Crippen molar-refractivity contribution >= 4 is 11.8 Å². The summed E-state index contributed by atoms with van der Waals surface area (Å²) < 4.78 is 0. The molecule has 2 aromatic carbocycles. The lowest BCUT2D eigenvalue weighted by Crippen LogP contribution is -2.48. The van der Waals surface area contributed by atoms with E-state index in [1.165, 1.54) is 10.1 Å². The molecule has 7 heteroatoms. The lowest BCUT2D eigenvalue weighted by molar-refractivity contribution is -0.160. The molecule has 2 aromatic rings. The second-order valence-electron chi connectivity index (χ2n) is 16.0. The fraction of sp³-hybridized carbons (Fsp3) is 0.556. The van der Waals surface area contributed by atoms with Gasteiger partial charge in [0.15, 0.2) is 0 Å². The van der Waals surface area contributed by atoms with Gasteiger partial charge in [-0.15, -0.1) is 0 Å². The van der Waals surface area contributed by atoms with Gasteiger partial charge in [0.2, 0.25) is 5.91 Å². The Kier molecular flexibility index (Phi) is 9.41. The van der Waals surface area contributed by atoms with E-state index < -0.39 is 0 Å². The molecule has 0 saturated carbocycles. The minimum atomic E-state index is -0.257. The van der Waals surface area contributed by atoms with Crippen molar-refractivity contribution < 1.29 is 19.8 Å². The van der Waals surface area contributed by atoms with Crippen LogP contribution in [-0.2, 0) is 44.1 Å². The molecule has 0 radical (unpaired) electrons. The number of amides is 2. The van der Waals surface area contributed by atoms with Gasteiger partial charge in [0, 0.05) is 25.2 Å². The van der Waals surface area contributed by atoms with Gasteiger partial charge < -0.3 is 10.2 Å². The van der Waals surface area contributed by atoms with Gasteiger partial charge in [-0.2, -0.15) is 5.12 Å². The molecule has 236 valence electrons. The Hall–Kier alpha value is -3.48. The second-order valence-corrected chi connectivity index (χ2v) is 16.0. The maximum atomic E-state index is 13.3. The first-order chi connectivity index (χ1) is 19.5. The third-order valence-electron chi connectivity index (χ3n) is 7.95. The number of hydrogen-bond acceptors (Lipinski definition) is 5. The van der Waals surface area contributed by atoms with Crippen LogP contribution in [0.3, 0.4) is 0 Å². The van der Waals surface area contributed by atoms with E-state index in [0.29, 0.717) is 24.3 Å². The fourth-order valence-electron chi connectivity index (χ4n) is 5.38. The zero-order valence-electron chi connectivity index (χ0n) is 28.4. The van der Waals surface area contributed by atoms with E-state index in [-0.39, 0.29) is 46.3 Å². The van der Waals surface area contributed by atoms with Crippen molar-refractivity contribution in [2.75, 3.05) is 0 Å². The molecule has 3 N–H and O–H groups in total. The first-order valence-electron chi connectivity index (χ1n) is 15.3. The molecule has 0 bridgehead atoms. The summed E-state index contributed by atoms with van der Waals surface area (Å²) in [5.74, 6) is 0.203. The summed E-state index contributed by atoms with van der Waals surface area (Å²) in [6.45, 7) is 24.8. The number of phenolic OH excluding ortho intramolecular Hbond substituents is 2. The summed E-state index contributed by atoms with van der Waals surface area (Å²) in [6, 6.07) is 7.97. The summed E-state index contributed by atoms with van der Waals surface area (Å²) in [5.41, 5.74) is 7.27. The van der Waals surface area contributed by atoms with Crippen LogP contribution in [0.15, 0.2) is 36.7 Å². The van der Waals surface area contributed by atoms with Crippen molar-refractivity contribution in [1.82, 2.24) is 15.6 Å². The summed E-state index contributed by atoms with van der Waals surface area (Å²) in [5, 5.41) is 24.7. The fourth-order valence-corrected chi connectivity index (χ4v) is 5.38. The van der Waals surface area contributed by atoms with Crippen LogP contribution in [0, 0.1) is 0 Å². The Morgan fingerprint density at radius 1 is 0.605 bits per heavy atom. The van der Waals surface area contributed by atoms with Crippen molar-refractivity contribution in [3.05, 3.63) is 70.0 Å². The molecule has 0 unspecified atom stereocenters. The molecule has 0 aliphatic carbocycles. The highest BCUT2D eigenvalue weighted by atomic mass is 16.3. The number of phenols is 2. The van der Waals surface area contributed by atoms with Crippen LogP contribution in [0.5, 0.6) is 11.5 Å². The molecule has 2 amide bonds. The van der Waals surface area contributed by atoms with Crippen LogP contribution < -0.4 is 5.43 Å². The number of nitrogens with zero attached hydrogens (tertiary/aromatic N) is 2. The number of carbonyl (C=O) groups is 2. The Balaban J connectivity index is 1.75. The summed E-state index contributed by atoms with van der Waals surface area (Å²) >= 11 is 0. The number of hydrogen-bond donors (Lipinski definition) is 3. The normalized spacial score (nSPS) is 14.3. The van der Waals surface area contributed by atoms with Gasteiger partial charge in [-0.1, -0.05) is 107 Å². The molecule has 7 nitrogen and oxygen atoms in total. The molecular weight excluding hydrogens is 538 g/mol. The Labute approximate surface area is 258 Å². The average Bonchev–Trinajstić information content (AvgIpc) is 3.34. The predicted octanol–water partition coefficient (Wildman–Crippen LogP) is 7.41. The lowest BCUT2D eigenvalue weighted by atomic mass is 9.78. The van der Waals surface area contributed by atoms with Gasteiger partial charge in [-0.05, 0) is 67.9 Å². The maximum absolute atomic E-state index is 13.3. The van der Waals surface area contributed by atoms with Gasteiger partial charge in [-0.25, -0.2) is 5.01 Å². The van der Waals surface area contributed by atoms with E-state index in [2.05, 4.69) is 88.5 Å². The van der Waals surface area contributed by atoms with Crippen molar-refractivity contribution in [3.63, 3.8) is 0 Å². The summed E-state index contributed by atoms with van der Waals surface area (Å²) in [6.07, 6.45) is 4.52. The lowest BCUT2D eigenvalue weighted by Gasteiger charge is -2.29. The molecule has 1 aliphatic heterocycles. The second kappa shape index (κ2) is 11.9. The number of aromatic hydroxyl groups is 2. The van der Waals surface area contributed by atoms with E-state index in [1.807, 2.05) is 24.3 Å². The van der Waals surface area contributed by atoms with Crippen molar-refractivity contribution in [2.45, 2.75) is 130 Å². The number of nitrogens with one attached hydrogen (secondary N) is 1. The minimum Gasteiger partial charge on any atom is -0.507 e. The Morgan fingerprint density at radius 2 is 0.930 bits per heavy atom. The highest BCUT2D eigenvalue weighted by Crippen LogP contribution is 2.41. The van der Waals surface area contributed by atoms with Gasteiger partial charge in [0.1, 0.15) is 11.5 Å². The number of benzene rings is 2. The van der Waals surface area contributed by atoms with Crippen LogP contribution in [0.2, 0.25) is 0 Å². The zero-order valence-corrected chi connectivity index (χ0v) is 28.4. The molecule has 3 rings (SSSR count). The zero-order chi connectivity index (χ0) is 32.7. The van der Waals surface area contributed by atoms with Crippen LogP contribution in [0.1, 0.15) is 129 Å². The molecule has 0 spiro atoms. The predicted molar refractivity (Wildman–Crippen MR) is 174 cm³/mol. The third kappa shape index (κ3) is 7.92. The first-order valence-corrected chi connectivity index (χ1v) is 15.3. The van der Waals surface area contributed by atoms with E-state index in [4.69, 9.17) is 0 Å². The SMILES string of the molecule is CC(C)(C)c1cc(CCC(=O)N2C=CNN2C(=O)CCc2cc(C(C)(C)C)c(O)c(C(C)(C)C)c2)cc(C(C)(C)C)c1O. The van der Waals surface area contributed by atoms with Crippen LogP contribution in [0.25, 0.3) is 0 Å². The number of aryl methyl sites for hydroxylation is 2. The summed E-state index contributed by atoms with van der Waals surface area (Å²) in [4.78, 5) is 26.7. The van der Waals surface area contributed by atoms with Gasteiger partial charge in [0.05, 0.1) is 0 Å². The van der Waals surface area contributed by atoms with E-state index >= 15 is 0 Å². The Bertz CT molecular complexity index is 1330. The third-order valence-corrected chi connectivity index (χ3v) is 7.95. The molecular formula is C36H53N3O4. The number of rotatable bonds is 6. The highest BCUT2D eigenvalue weighted by Gasteiger charge is 2.30. The molecule has 1 heterocycles. The molecule has 0 atom stereocenters. The van der Waals surface area contributed by atoms with Crippen molar-refractivity contribution in [1.29, 1.82) is 0 Å². The quantitative estimate of drug-likeness (QED) is 0.325. The molecule has 0 aromatic heterocycles. The minimum absolute atomic E-state index is 0.193. The number of carbonyl (C=O) groups excluding carboxylic acids is 2. The van der Waals surface area contributed by atoms with E-state index in [1.54, 1.807) is 12.4 Å². The molecule has 1 aliphatic rings. The van der Waals surface area contributed by atoms with Gasteiger partial charge >= 0.3 is 0 Å². The first kappa shape index (κ1) is 34.0. The standard InChI is InChI=1S/C36H53N3O4/c1-33(2,3)25-19-23(20-26(31(25)42)34(4,5)6)13-15-29(40)38-18-17-37-39(38)30(41)16-14-24-21-27(35(7,8)9)32(43)28(22-24)36(10,11)12/h17-22,37,42-43H,13-16H2,1-12H3.